The van der Waals surface area contributed by atoms with Crippen molar-refractivity contribution in [1.82, 2.24) is 4.90 Å². The minimum Gasteiger partial charge on any atom is -0.360 e. The van der Waals surface area contributed by atoms with Crippen molar-refractivity contribution in [1.29, 1.82) is 0 Å². The number of nitrogens with zero attached hydrogens (tertiary/aromatic N) is 1. The highest BCUT2D eigenvalue weighted by atomic mass is 16.5. The Bertz CT molecular complexity index is 337. The van der Waals surface area contributed by atoms with Gasteiger partial charge in [-0.05, 0) is 60.8 Å². The predicted octanol–water partition coefficient (Wildman–Crippen LogP) is 4.25. The van der Waals surface area contributed by atoms with Gasteiger partial charge in [-0.3, -0.25) is 4.79 Å². The van der Waals surface area contributed by atoms with Crippen LogP contribution in [0, 0.1) is 5.41 Å². The van der Waals surface area contributed by atoms with Crippen molar-refractivity contribution < 1.29 is 9.53 Å². The lowest BCUT2D eigenvalue weighted by atomic mass is 9.91. The summed E-state index contributed by atoms with van der Waals surface area (Å²) < 4.78 is 5.99. The van der Waals surface area contributed by atoms with E-state index in [0.29, 0.717) is 6.54 Å². The van der Waals surface area contributed by atoms with Crippen LogP contribution in [-0.4, -0.2) is 34.1 Å². The van der Waals surface area contributed by atoms with E-state index >= 15 is 0 Å². The zero-order valence-corrected chi connectivity index (χ0v) is 15.5. The van der Waals surface area contributed by atoms with Crippen LogP contribution in [0.15, 0.2) is 0 Å². The Morgan fingerprint density at radius 3 is 1.50 bits per heavy atom. The minimum atomic E-state index is -0.823. The summed E-state index contributed by atoms with van der Waals surface area (Å²) in [6, 6.07) is 0. The quantitative estimate of drug-likeness (QED) is 0.775. The lowest BCUT2D eigenvalue weighted by Crippen LogP contribution is -2.57. The Kier molecular flexibility index (Phi) is 5.51. The molecule has 0 spiro atoms. The Hall–Kier alpha value is -0.570. The van der Waals surface area contributed by atoms with Crippen molar-refractivity contribution in [2.24, 2.45) is 5.41 Å². The van der Waals surface area contributed by atoms with Gasteiger partial charge in [0.15, 0.2) is 0 Å². The van der Waals surface area contributed by atoms with Crippen LogP contribution in [0.5, 0.6) is 0 Å². The number of rotatable bonds is 3. The maximum absolute atomic E-state index is 13.0. The molecular formula is C17H35NO2. The lowest BCUT2D eigenvalue weighted by Gasteiger charge is -2.45. The van der Waals surface area contributed by atoms with Crippen molar-refractivity contribution in [2.45, 2.75) is 92.9 Å². The number of hydrogen-bond acceptors (Lipinski definition) is 2. The normalized spacial score (nSPS) is 14.3. The molecule has 0 heterocycles. The van der Waals surface area contributed by atoms with Gasteiger partial charge in [0.2, 0.25) is 0 Å². The van der Waals surface area contributed by atoms with E-state index < -0.39 is 5.60 Å². The standard InChI is InChI=1S/C17H35NO2/c1-14(2,3)12-18(15(4,5)6)13(19)17(10,11)20-16(7,8)9/h12H2,1-11H3. The SMILES string of the molecule is CC(C)(C)CN(C(=O)C(C)(C)OC(C)(C)C)C(C)(C)C. The molecule has 1 amide bonds. The minimum absolute atomic E-state index is 0.0508. The van der Waals surface area contributed by atoms with Gasteiger partial charge in [-0.15, -0.1) is 0 Å². The first-order valence-corrected chi connectivity index (χ1v) is 7.48. The predicted molar refractivity (Wildman–Crippen MR) is 85.8 cm³/mol. The number of ether oxygens (including phenoxy) is 1. The number of hydrogen-bond donors (Lipinski definition) is 0. The molecule has 0 aliphatic rings. The Morgan fingerprint density at radius 2 is 1.25 bits per heavy atom. The zero-order valence-electron chi connectivity index (χ0n) is 15.5. The van der Waals surface area contributed by atoms with E-state index in [1.165, 1.54) is 0 Å². The highest BCUT2D eigenvalue weighted by Gasteiger charge is 2.41. The van der Waals surface area contributed by atoms with E-state index in [1.54, 1.807) is 0 Å². The zero-order chi connectivity index (χ0) is 16.6. The average Bonchev–Trinajstić information content (AvgIpc) is 2.05. The van der Waals surface area contributed by atoms with E-state index in [9.17, 15) is 4.79 Å². The van der Waals surface area contributed by atoms with Gasteiger partial charge < -0.3 is 9.64 Å². The summed E-state index contributed by atoms with van der Waals surface area (Å²) in [6.45, 7) is 23.0. The summed E-state index contributed by atoms with van der Waals surface area (Å²) in [5.74, 6) is 0.0508. The average molecular weight is 285 g/mol. The van der Waals surface area contributed by atoms with Crippen LogP contribution in [0.1, 0.15) is 76.2 Å². The monoisotopic (exact) mass is 285 g/mol. The van der Waals surface area contributed by atoms with Crippen LogP contribution >= 0.6 is 0 Å². The fourth-order valence-corrected chi connectivity index (χ4v) is 2.22. The molecule has 0 aliphatic heterocycles. The molecule has 0 saturated carbocycles. The second kappa shape index (κ2) is 5.67. The molecule has 0 saturated heterocycles. The third-order valence-corrected chi connectivity index (χ3v) is 2.76. The van der Waals surface area contributed by atoms with Crippen molar-refractivity contribution in [3.63, 3.8) is 0 Å². The molecule has 0 rings (SSSR count). The summed E-state index contributed by atoms with van der Waals surface area (Å²) in [5.41, 5.74) is -1.33. The third-order valence-electron chi connectivity index (χ3n) is 2.76. The van der Waals surface area contributed by atoms with Crippen LogP contribution < -0.4 is 0 Å². The highest BCUT2D eigenvalue weighted by Crippen LogP contribution is 2.28. The smallest absolute Gasteiger partial charge is 0.254 e. The molecule has 0 aromatic heterocycles. The molecule has 3 heteroatoms. The highest BCUT2D eigenvalue weighted by molar-refractivity contribution is 5.85. The number of carbonyl (C=O) groups excluding carboxylic acids is 1. The van der Waals surface area contributed by atoms with Gasteiger partial charge in [-0.1, -0.05) is 20.8 Å². The molecule has 0 fully saturated rings. The first kappa shape index (κ1) is 19.4. The molecule has 120 valence electrons. The molecule has 0 bridgehead atoms. The Balaban J connectivity index is 5.34. The second-order valence-electron chi connectivity index (χ2n) is 9.35. The fourth-order valence-electron chi connectivity index (χ4n) is 2.22. The Morgan fingerprint density at radius 1 is 0.850 bits per heavy atom. The van der Waals surface area contributed by atoms with Crippen LogP contribution in [0.2, 0.25) is 0 Å². The number of amides is 1. The molecule has 3 nitrogen and oxygen atoms in total. The molecule has 0 aromatic carbocycles. The lowest BCUT2D eigenvalue weighted by molar-refractivity contribution is -0.176. The van der Waals surface area contributed by atoms with E-state index in [-0.39, 0.29) is 22.5 Å². The summed E-state index contributed by atoms with van der Waals surface area (Å²) >= 11 is 0. The second-order valence-corrected chi connectivity index (χ2v) is 9.35. The van der Waals surface area contributed by atoms with Crippen molar-refractivity contribution in [3.8, 4) is 0 Å². The van der Waals surface area contributed by atoms with Crippen molar-refractivity contribution in [3.05, 3.63) is 0 Å². The van der Waals surface area contributed by atoms with Gasteiger partial charge in [0.25, 0.3) is 5.91 Å². The third kappa shape index (κ3) is 6.74. The molecule has 0 unspecified atom stereocenters. The van der Waals surface area contributed by atoms with Gasteiger partial charge in [-0.2, -0.15) is 0 Å². The first-order valence-electron chi connectivity index (χ1n) is 7.48. The maximum atomic E-state index is 13.0. The van der Waals surface area contributed by atoms with Crippen molar-refractivity contribution >= 4 is 5.91 Å². The molecule has 0 aliphatic carbocycles. The summed E-state index contributed by atoms with van der Waals surface area (Å²) in [5, 5.41) is 0. The van der Waals surface area contributed by atoms with Crippen LogP contribution in [-0.2, 0) is 9.53 Å². The molecule has 0 radical (unpaired) electrons. The Labute approximate surface area is 126 Å². The van der Waals surface area contributed by atoms with Gasteiger partial charge in [0.1, 0.15) is 5.60 Å². The van der Waals surface area contributed by atoms with Gasteiger partial charge >= 0.3 is 0 Å². The van der Waals surface area contributed by atoms with E-state index in [0.717, 1.165) is 0 Å². The topological polar surface area (TPSA) is 29.5 Å². The molecule has 0 N–H and O–H groups in total. The summed E-state index contributed by atoms with van der Waals surface area (Å²) in [7, 11) is 0. The van der Waals surface area contributed by atoms with Crippen LogP contribution in [0.25, 0.3) is 0 Å². The van der Waals surface area contributed by atoms with Gasteiger partial charge in [0.05, 0.1) is 5.60 Å². The van der Waals surface area contributed by atoms with Crippen molar-refractivity contribution in [2.75, 3.05) is 6.54 Å². The molecular weight excluding hydrogens is 250 g/mol. The van der Waals surface area contributed by atoms with Crippen LogP contribution in [0.4, 0.5) is 0 Å². The first-order chi connectivity index (χ1) is 8.46. The fraction of sp³-hybridized carbons (Fsp3) is 0.941. The maximum Gasteiger partial charge on any atom is 0.254 e. The van der Waals surface area contributed by atoms with Crippen LogP contribution in [0.3, 0.4) is 0 Å². The largest absolute Gasteiger partial charge is 0.360 e. The van der Waals surface area contributed by atoms with E-state index in [1.807, 2.05) is 39.5 Å². The van der Waals surface area contributed by atoms with E-state index in [2.05, 4.69) is 41.5 Å². The molecule has 0 aromatic rings. The van der Waals surface area contributed by atoms with Gasteiger partial charge in [-0.25, -0.2) is 0 Å². The molecule has 0 atom stereocenters. The van der Waals surface area contributed by atoms with E-state index in [4.69, 9.17) is 4.74 Å². The summed E-state index contributed by atoms with van der Waals surface area (Å²) in [4.78, 5) is 14.9. The molecule has 20 heavy (non-hydrogen) atoms. The van der Waals surface area contributed by atoms with Gasteiger partial charge in [0, 0.05) is 12.1 Å². The number of carbonyl (C=O) groups is 1. The summed E-state index contributed by atoms with van der Waals surface area (Å²) in [6.07, 6.45) is 0.